The molecule has 0 saturated carbocycles. The smallest absolute Gasteiger partial charge is 0.253 e. The first-order valence-electron chi connectivity index (χ1n) is 8.46. The van der Waals surface area contributed by atoms with E-state index in [-0.39, 0.29) is 12.0 Å². The van der Waals surface area contributed by atoms with Crippen LogP contribution in [0, 0.1) is 25.2 Å². The minimum absolute atomic E-state index is 0.0372. The Balaban J connectivity index is 1.69. The maximum absolute atomic E-state index is 12.8. The molecule has 1 aliphatic rings. The van der Waals surface area contributed by atoms with Crippen LogP contribution < -0.4 is 4.74 Å². The summed E-state index contributed by atoms with van der Waals surface area (Å²) in [6.07, 6.45) is 3.22. The first kappa shape index (κ1) is 17.0. The lowest BCUT2D eigenvalue weighted by Crippen LogP contribution is -2.44. The van der Waals surface area contributed by atoms with Crippen molar-refractivity contribution in [2.45, 2.75) is 32.8 Å². The standard InChI is InChI=1S/C20H21N3O2/c1-14-5-6-17(10-15(14)2)20(24)23-9-3-4-18(13-23)25-19-11-16(12-21)7-8-22-19/h5-8,10-11,18H,3-4,9,13H2,1-2H3/t18-/m1/s1. The fourth-order valence-corrected chi connectivity index (χ4v) is 2.99. The van der Waals surface area contributed by atoms with Gasteiger partial charge in [0.2, 0.25) is 5.88 Å². The number of pyridine rings is 1. The second kappa shape index (κ2) is 7.35. The fraction of sp³-hybridized carbons (Fsp3) is 0.350. The number of hydrogen-bond acceptors (Lipinski definition) is 4. The van der Waals surface area contributed by atoms with Crippen LogP contribution in [0.5, 0.6) is 5.88 Å². The van der Waals surface area contributed by atoms with Gasteiger partial charge in [-0.2, -0.15) is 5.26 Å². The number of likely N-dealkylation sites (tertiary alicyclic amines) is 1. The van der Waals surface area contributed by atoms with Crippen molar-refractivity contribution in [1.82, 2.24) is 9.88 Å². The molecule has 5 heteroatoms. The van der Waals surface area contributed by atoms with Crippen molar-refractivity contribution < 1.29 is 9.53 Å². The number of rotatable bonds is 3. The molecule has 1 aromatic carbocycles. The van der Waals surface area contributed by atoms with Gasteiger partial charge in [0.1, 0.15) is 6.10 Å². The summed E-state index contributed by atoms with van der Waals surface area (Å²) >= 11 is 0. The number of aryl methyl sites for hydroxylation is 2. The second-order valence-corrected chi connectivity index (χ2v) is 6.43. The van der Waals surface area contributed by atoms with Crippen molar-refractivity contribution in [2.24, 2.45) is 0 Å². The molecule has 1 amide bonds. The van der Waals surface area contributed by atoms with Gasteiger partial charge in [-0.05, 0) is 56.0 Å². The summed E-state index contributed by atoms with van der Waals surface area (Å²) in [6.45, 7) is 5.32. The molecule has 0 unspecified atom stereocenters. The van der Waals surface area contributed by atoms with E-state index < -0.39 is 0 Å². The van der Waals surface area contributed by atoms with E-state index >= 15 is 0 Å². The van der Waals surface area contributed by atoms with Crippen LogP contribution in [0.15, 0.2) is 36.5 Å². The molecule has 1 fully saturated rings. The molecule has 2 heterocycles. The zero-order chi connectivity index (χ0) is 17.8. The van der Waals surface area contributed by atoms with E-state index in [0.29, 0.717) is 23.6 Å². The number of ether oxygens (including phenoxy) is 1. The van der Waals surface area contributed by atoms with Crippen molar-refractivity contribution in [3.8, 4) is 11.9 Å². The van der Waals surface area contributed by atoms with Crippen LogP contribution in [0.25, 0.3) is 0 Å². The first-order valence-corrected chi connectivity index (χ1v) is 8.46. The Bertz CT molecular complexity index is 826. The third-order valence-corrected chi connectivity index (χ3v) is 4.57. The summed E-state index contributed by atoms with van der Waals surface area (Å²) in [6, 6.07) is 11.2. The lowest BCUT2D eigenvalue weighted by Gasteiger charge is -2.32. The molecule has 3 rings (SSSR count). The maximum Gasteiger partial charge on any atom is 0.253 e. The third-order valence-electron chi connectivity index (χ3n) is 4.57. The summed E-state index contributed by atoms with van der Waals surface area (Å²) in [5.41, 5.74) is 3.53. The molecular formula is C20H21N3O2. The number of nitriles is 1. The lowest BCUT2D eigenvalue weighted by atomic mass is 10.0. The van der Waals surface area contributed by atoms with Gasteiger partial charge in [0, 0.05) is 24.4 Å². The molecule has 0 radical (unpaired) electrons. The molecule has 1 aromatic heterocycles. The number of carbonyl (C=O) groups is 1. The molecule has 1 atom stereocenters. The normalized spacial score (nSPS) is 17.0. The summed E-state index contributed by atoms with van der Waals surface area (Å²) in [5, 5.41) is 8.96. The number of amides is 1. The number of aromatic nitrogens is 1. The summed E-state index contributed by atoms with van der Waals surface area (Å²) in [7, 11) is 0. The van der Waals surface area contributed by atoms with E-state index in [0.717, 1.165) is 24.9 Å². The maximum atomic E-state index is 12.8. The Kier molecular flexibility index (Phi) is 4.99. The first-order chi connectivity index (χ1) is 12.1. The lowest BCUT2D eigenvalue weighted by molar-refractivity contribution is 0.0527. The van der Waals surface area contributed by atoms with Crippen LogP contribution in [0.3, 0.4) is 0 Å². The summed E-state index contributed by atoms with van der Waals surface area (Å²) < 4.78 is 5.90. The van der Waals surface area contributed by atoms with Gasteiger partial charge < -0.3 is 9.64 Å². The predicted molar refractivity (Wildman–Crippen MR) is 94.4 cm³/mol. The number of piperidine rings is 1. The fourth-order valence-electron chi connectivity index (χ4n) is 2.99. The number of carbonyl (C=O) groups excluding carboxylic acids is 1. The number of nitrogens with zero attached hydrogens (tertiary/aromatic N) is 3. The van der Waals surface area contributed by atoms with Crippen molar-refractivity contribution >= 4 is 5.91 Å². The molecule has 25 heavy (non-hydrogen) atoms. The molecule has 0 aliphatic carbocycles. The van der Waals surface area contributed by atoms with Crippen molar-refractivity contribution in [2.75, 3.05) is 13.1 Å². The van der Waals surface area contributed by atoms with E-state index in [1.54, 1.807) is 18.3 Å². The van der Waals surface area contributed by atoms with Crippen LogP contribution in [0.1, 0.15) is 39.9 Å². The summed E-state index contributed by atoms with van der Waals surface area (Å²) in [4.78, 5) is 18.8. The Morgan fingerprint density at radius 3 is 2.88 bits per heavy atom. The monoisotopic (exact) mass is 335 g/mol. The third kappa shape index (κ3) is 3.97. The van der Waals surface area contributed by atoms with Crippen LogP contribution in [0.2, 0.25) is 0 Å². The van der Waals surface area contributed by atoms with Gasteiger partial charge in [-0.25, -0.2) is 4.98 Å². The van der Waals surface area contributed by atoms with Gasteiger partial charge in [-0.15, -0.1) is 0 Å². The average Bonchev–Trinajstić information content (AvgIpc) is 2.64. The molecule has 1 aliphatic heterocycles. The number of benzene rings is 1. The van der Waals surface area contributed by atoms with Gasteiger partial charge >= 0.3 is 0 Å². The number of hydrogen-bond donors (Lipinski definition) is 0. The van der Waals surface area contributed by atoms with Crippen molar-refractivity contribution in [1.29, 1.82) is 5.26 Å². The Morgan fingerprint density at radius 1 is 1.28 bits per heavy atom. The van der Waals surface area contributed by atoms with Gasteiger partial charge in [-0.1, -0.05) is 6.07 Å². The Hall–Kier alpha value is -2.87. The minimum atomic E-state index is -0.106. The highest BCUT2D eigenvalue weighted by Crippen LogP contribution is 2.20. The van der Waals surface area contributed by atoms with E-state index in [4.69, 9.17) is 10.00 Å². The topological polar surface area (TPSA) is 66.2 Å². The zero-order valence-corrected chi connectivity index (χ0v) is 14.5. The molecule has 0 N–H and O–H groups in total. The largest absolute Gasteiger partial charge is 0.472 e. The van der Waals surface area contributed by atoms with Gasteiger partial charge in [-0.3, -0.25) is 4.79 Å². The minimum Gasteiger partial charge on any atom is -0.472 e. The Morgan fingerprint density at radius 2 is 2.12 bits per heavy atom. The van der Waals surface area contributed by atoms with Crippen LogP contribution in [0.4, 0.5) is 0 Å². The van der Waals surface area contributed by atoms with E-state index in [9.17, 15) is 4.79 Å². The van der Waals surface area contributed by atoms with Crippen LogP contribution >= 0.6 is 0 Å². The highest BCUT2D eigenvalue weighted by atomic mass is 16.5. The molecule has 5 nitrogen and oxygen atoms in total. The van der Waals surface area contributed by atoms with Gasteiger partial charge in [0.15, 0.2) is 0 Å². The van der Waals surface area contributed by atoms with Crippen molar-refractivity contribution in [3.05, 3.63) is 58.8 Å². The van der Waals surface area contributed by atoms with E-state index in [1.807, 2.05) is 36.9 Å². The van der Waals surface area contributed by atoms with Gasteiger partial charge in [0.25, 0.3) is 5.91 Å². The average molecular weight is 335 g/mol. The van der Waals surface area contributed by atoms with Crippen molar-refractivity contribution in [3.63, 3.8) is 0 Å². The van der Waals surface area contributed by atoms with E-state index in [2.05, 4.69) is 11.1 Å². The Labute approximate surface area is 147 Å². The SMILES string of the molecule is Cc1ccc(C(=O)N2CCC[C@@H](Oc3cc(C#N)ccn3)C2)cc1C. The van der Waals surface area contributed by atoms with Crippen LogP contribution in [-0.4, -0.2) is 35.0 Å². The highest BCUT2D eigenvalue weighted by Gasteiger charge is 2.26. The van der Waals surface area contributed by atoms with Crippen LogP contribution in [-0.2, 0) is 0 Å². The molecular weight excluding hydrogens is 314 g/mol. The molecule has 0 bridgehead atoms. The van der Waals surface area contributed by atoms with Gasteiger partial charge in [0.05, 0.1) is 18.2 Å². The highest BCUT2D eigenvalue weighted by molar-refractivity contribution is 5.94. The zero-order valence-electron chi connectivity index (χ0n) is 14.5. The molecule has 128 valence electrons. The quantitative estimate of drug-likeness (QED) is 0.863. The van der Waals surface area contributed by atoms with E-state index in [1.165, 1.54) is 5.56 Å². The predicted octanol–water partition coefficient (Wildman–Crippen LogP) is 3.25. The second-order valence-electron chi connectivity index (χ2n) is 6.43. The molecule has 1 saturated heterocycles. The molecule has 2 aromatic rings. The summed E-state index contributed by atoms with van der Waals surface area (Å²) in [5.74, 6) is 0.472. The molecule has 0 spiro atoms.